The molecule has 2 aromatic heterocycles. The number of halogens is 1. The molecule has 2 fully saturated rings. The lowest BCUT2D eigenvalue weighted by atomic mass is 9.77. The van der Waals surface area contributed by atoms with E-state index in [-0.39, 0.29) is 23.2 Å². The third kappa shape index (κ3) is 3.85. The zero-order valence-corrected chi connectivity index (χ0v) is 22.1. The number of nitrogens with zero attached hydrogens (tertiary/aromatic N) is 4. The second kappa shape index (κ2) is 9.05. The van der Waals surface area contributed by atoms with Gasteiger partial charge >= 0.3 is 0 Å². The van der Waals surface area contributed by atoms with Gasteiger partial charge in [0.2, 0.25) is 5.88 Å². The fourth-order valence-corrected chi connectivity index (χ4v) is 7.22. The number of piperidine rings is 1. The van der Waals surface area contributed by atoms with Gasteiger partial charge in [0.1, 0.15) is 0 Å². The van der Waals surface area contributed by atoms with Crippen molar-refractivity contribution in [3.63, 3.8) is 0 Å². The average molecular weight is 527 g/mol. The second-order valence-electron chi connectivity index (χ2n) is 11.2. The number of amides is 1. The topological polar surface area (TPSA) is 61.6 Å². The Bertz CT molecular complexity index is 1520. The van der Waals surface area contributed by atoms with Gasteiger partial charge in [0.25, 0.3) is 5.91 Å². The number of aromatic nitrogens is 2. The van der Waals surface area contributed by atoms with Crippen LogP contribution in [0.5, 0.6) is 5.88 Å². The standard InChI is InChI=1S/C31H31ClN4O2/c32-26-3-1-2-23-19-36(30(38)28(23)26)27-7-6-21-4-5-22(18-25(21)27)29(37)35-17-12-31(20-35)10-15-34(16-11-31)24-8-13-33-14-9-24/h1-5,8-9,13-14,18-19,27,38H,6-7,10-12,15-17,20H2/t27-/m1/s1. The predicted octanol–water partition coefficient (Wildman–Crippen LogP) is 6.06. The first-order chi connectivity index (χ1) is 18.5. The molecule has 7 rings (SSSR count). The van der Waals surface area contributed by atoms with E-state index in [2.05, 4.69) is 39.0 Å². The number of hydrogen-bond acceptors (Lipinski definition) is 4. The smallest absolute Gasteiger partial charge is 0.253 e. The lowest BCUT2D eigenvalue weighted by molar-refractivity contribution is 0.0764. The van der Waals surface area contributed by atoms with Crippen molar-refractivity contribution in [2.45, 2.75) is 38.1 Å². The number of aromatic hydroxyl groups is 1. The Morgan fingerprint density at radius 2 is 1.82 bits per heavy atom. The van der Waals surface area contributed by atoms with Crippen molar-refractivity contribution in [3.8, 4) is 5.88 Å². The Hall–Kier alpha value is -3.51. The highest BCUT2D eigenvalue weighted by Crippen LogP contribution is 2.44. The van der Waals surface area contributed by atoms with Gasteiger partial charge in [0, 0.05) is 61.4 Å². The maximum absolute atomic E-state index is 13.7. The summed E-state index contributed by atoms with van der Waals surface area (Å²) in [6.07, 6.45) is 10.8. The van der Waals surface area contributed by atoms with Gasteiger partial charge < -0.3 is 19.5 Å². The first-order valence-electron chi connectivity index (χ1n) is 13.6. The largest absolute Gasteiger partial charge is 0.494 e. The number of benzene rings is 2. The van der Waals surface area contributed by atoms with Gasteiger partial charge in [0.15, 0.2) is 0 Å². The molecule has 194 valence electrons. The van der Waals surface area contributed by atoms with Gasteiger partial charge in [-0.15, -0.1) is 0 Å². The molecule has 4 aromatic rings. The molecule has 1 atom stereocenters. The van der Waals surface area contributed by atoms with E-state index < -0.39 is 0 Å². The van der Waals surface area contributed by atoms with Crippen LogP contribution in [0.1, 0.15) is 53.2 Å². The molecule has 1 N–H and O–H groups in total. The number of pyridine rings is 1. The molecule has 1 spiro atoms. The van der Waals surface area contributed by atoms with Crippen LogP contribution in [-0.2, 0) is 6.42 Å². The Kier molecular flexibility index (Phi) is 5.62. The number of rotatable bonds is 3. The summed E-state index contributed by atoms with van der Waals surface area (Å²) >= 11 is 6.39. The monoisotopic (exact) mass is 526 g/mol. The van der Waals surface area contributed by atoms with Crippen LogP contribution < -0.4 is 4.90 Å². The number of likely N-dealkylation sites (tertiary alicyclic amines) is 1. The molecular formula is C31H31ClN4O2. The molecule has 0 bridgehead atoms. The van der Waals surface area contributed by atoms with E-state index in [1.54, 1.807) is 6.07 Å². The fraction of sp³-hybridized carbons (Fsp3) is 0.355. The molecule has 0 saturated carbocycles. The van der Waals surface area contributed by atoms with E-state index in [1.807, 2.05) is 41.4 Å². The SMILES string of the molecule is O=C(c1ccc2c(c1)[C@H](n1cc3cccc(Cl)c3c1O)CC2)N1CCC2(CCN(c3ccncc3)CC2)C1. The molecule has 7 heteroatoms. The van der Waals surface area contributed by atoms with Crippen LogP contribution in [0, 0.1) is 5.41 Å². The lowest BCUT2D eigenvalue weighted by Crippen LogP contribution is -2.42. The van der Waals surface area contributed by atoms with Crippen molar-refractivity contribution in [2.24, 2.45) is 5.41 Å². The van der Waals surface area contributed by atoms with Gasteiger partial charge in [-0.2, -0.15) is 0 Å². The molecule has 6 nitrogen and oxygen atoms in total. The first-order valence-corrected chi connectivity index (χ1v) is 13.9. The summed E-state index contributed by atoms with van der Waals surface area (Å²) in [7, 11) is 0. The summed E-state index contributed by atoms with van der Waals surface area (Å²) in [6.45, 7) is 3.69. The normalized spacial score (nSPS) is 20.4. The Morgan fingerprint density at radius 3 is 2.61 bits per heavy atom. The molecule has 2 aliphatic heterocycles. The highest BCUT2D eigenvalue weighted by atomic mass is 35.5. The van der Waals surface area contributed by atoms with Crippen LogP contribution in [0.25, 0.3) is 10.8 Å². The molecule has 4 heterocycles. The van der Waals surface area contributed by atoms with Crippen LogP contribution >= 0.6 is 11.6 Å². The third-order valence-electron chi connectivity index (χ3n) is 9.14. The Balaban J connectivity index is 1.09. The number of carbonyl (C=O) groups excluding carboxylic acids is 1. The van der Waals surface area contributed by atoms with Crippen LogP contribution in [0.4, 0.5) is 5.69 Å². The van der Waals surface area contributed by atoms with Crippen molar-refractivity contribution in [1.82, 2.24) is 14.5 Å². The highest BCUT2D eigenvalue weighted by molar-refractivity contribution is 6.36. The molecule has 2 saturated heterocycles. The summed E-state index contributed by atoms with van der Waals surface area (Å²) in [4.78, 5) is 22.3. The quantitative estimate of drug-likeness (QED) is 0.352. The van der Waals surface area contributed by atoms with Gasteiger partial charge in [0.05, 0.1) is 16.5 Å². The summed E-state index contributed by atoms with van der Waals surface area (Å²) < 4.78 is 1.93. The zero-order chi connectivity index (χ0) is 25.9. The van der Waals surface area contributed by atoms with Crippen LogP contribution in [0.3, 0.4) is 0 Å². The van der Waals surface area contributed by atoms with Crippen LogP contribution in [-0.4, -0.2) is 51.6 Å². The molecule has 1 aliphatic carbocycles. The lowest BCUT2D eigenvalue weighted by Gasteiger charge is -2.40. The molecule has 38 heavy (non-hydrogen) atoms. The minimum absolute atomic E-state index is 0.0105. The van der Waals surface area contributed by atoms with E-state index in [9.17, 15) is 9.90 Å². The van der Waals surface area contributed by atoms with Crippen molar-refractivity contribution >= 4 is 34.0 Å². The third-order valence-corrected chi connectivity index (χ3v) is 9.46. The second-order valence-corrected chi connectivity index (χ2v) is 11.6. The van der Waals surface area contributed by atoms with E-state index in [0.717, 1.165) is 74.8 Å². The van der Waals surface area contributed by atoms with Crippen molar-refractivity contribution in [1.29, 1.82) is 0 Å². The maximum Gasteiger partial charge on any atom is 0.253 e. The molecule has 2 aromatic carbocycles. The van der Waals surface area contributed by atoms with E-state index in [4.69, 9.17) is 11.6 Å². The van der Waals surface area contributed by atoms with E-state index in [0.29, 0.717) is 10.4 Å². The minimum Gasteiger partial charge on any atom is -0.494 e. The molecule has 3 aliphatic rings. The number of hydrogen-bond donors (Lipinski definition) is 1. The number of carbonyl (C=O) groups is 1. The van der Waals surface area contributed by atoms with Gasteiger partial charge in [-0.3, -0.25) is 9.78 Å². The first kappa shape index (κ1) is 23.6. The molecule has 0 radical (unpaired) electrons. The average Bonchev–Trinajstić information content (AvgIpc) is 3.65. The summed E-state index contributed by atoms with van der Waals surface area (Å²) in [6, 6.07) is 16.0. The highest BCUT2D eigenvalue weighted by Gasteiger charge is 2.42. The van der Waals surface area contributed by atoms with Gasteiger partial charge in [-0.1, -0.05) is 29.8 Å². The van der Waals surface area contributed by atoms with Gasteiger partial charge in [-0.05, 0) is 79.0 Å². The van der Waals surface area contributed by atoms with Crippen molar-refractivity contribution in [3.05, 3.63) is 88.8 Å². The molecule has 1 amide bonds. The number of anilines is 1. The van der Waals surface area contributed by atoms with E-state index >= 15 is 0 Å². The molecular weight excluding hydrogens is 496 g/mol. The zero-order valence-electron chi connectivity index (χ0n) is 21.3. The molecule has 0 unspecified atom stereocenters. The van der Waals surface area contributed by atoms with E-state index in [1.165, 1.54) is 11.3 Å². The fourth-order valence-electron chi connectivity index (χ4n) is 6.96. The Labute approximate surface area is 227 Å². The summed E-state index contributed by atoms with van der Waals surface area (Å²) in [5, 5.41) is 13.2. The van der Waals surface area contributed by atoms with Crippen LogP contribution in [0.2, 0.25) is 5.02 Å². The van der Waals surface area contributed by atoms with Crippen molar-refractivity contribution in [2.75, 3.05) is 31.1 Å². The summed E-state index contributed by atoms with van der Waals surface area (Å²) in [5.41, 5.74) is 4.57. The number of aryl methyl sites for hydroxylation is 1. The minimum atomic E-state index is -0.0105. The van der Waals surface area contributed by atoms with Crippen LogP contribution in [0.15, 0.2) is 67.1 Å². The predicted molar refractivity (Wildman–Crippen MR) is 150 cm³/mol. The summed E-state index contributed by atoms with van der Waals surface area (Å²) in [5.74, 6) is 0.316. The number of fused-ring (bicyclic) bond motifs is 2. The van der Waals surface area contributed by atoms with Gasteiger partial charge in [-0.25, -0.2) is 0 Å². The maximum atomic E-state index is 13.7. The Morgan fingerprint density at radius 1 is 1.03 bits per heavy atom. The van der Waals surface area contributed by atoms with Crippen molar-refractivity contribution < 1.29 is 9.90 Å².